The van der Waals surface area contributed by atoms with Gasteiger partial charge in [0.2, 0.25) is 0 Å². The number of carbonyl (C=O) groups is 3. The van der Waals surface area contributed by atoms with E-state index in [1.807, 2.05) is 6.92 Å². The van der Waals surface area contributed by atoms with Crippen LogP contribution in [0.1, 0.15) is 97.6 Å². The topological polar surface area (TPSA) is 126 Å². The SMILES string of the molecule is C=C1C[C@]23C[C@H]1CC[C@H]2[C@]1(C)CC[C@@H](OC(=O)c2ccc(C#N)cc2)[C@](C)(COC(C)=O)C1C[C@@H]3OC(=O)c1ccc(C#N)cc1. The lowest BCUT2D eigenvalue weighted by Gasteiger charge is -2.66. The Labute approximate surface area is 270 Å². The highest BCUT2D eigenvalue weighted by Crippen LogP contribution is 2.73. The van der Waals surface area contributed by atoms with Crippen molar-refractivity contribution in [1.82, 2.24) is 0 Å². The normalized spacial score (nSPS) is 34.2. The number of hydrogen-bond acceptors (Lipinski definition) is 8. The van der Waals surface area contributed by atoms with Crippen molar-refractivity contribution in [3.63, 3.8) is 0 Å². The lowest BCUT2D eigenvalue weighted by Crippen LogP contribution is -2.66. The predicted octanol–water partition coefficient (Wildman–Crippen LogP) is 6.93. The van der Waals surface area contributed by atoms with Gasteiger partial charge in [-0.3, -0.25) is 4.79 Å². The molecule has 0 aliphatic heterocycles. The number of fused-ring (bicyclic) bond motifs is 3. The monoisotopic (exact) mass is 620 g/mol. The number of benzene rings is 2. The predicted molar refractivity (Wildman–Crippen MR) is 168 cm³/mol. The summed E-state index contributed by atoms with van der Waals surface area (Å²) in [5.41, 5.74) is 1.71. The third-order valence-corrected chi connectivity index (χ3v) is 12.0. The van der Waals surface area contributed by atoms with Gasteiger partial charge in [0.25, 0.3) is 0 Å². The minimum absolute atomic E-state index is 0.0687. The summed E-state index contributed by atoms with van der Waals surface area (Å²) in [6.07, 6.45) is 4.78. The maximum Gasteiger partial charge on any atom is 0.338 e. The molecule has 0 amide bonds. The van der Waals surface area contributed by atoms with E-state index in [9.17, 15) is 24.9 Å². The summed E-state index contributed by atoms with van der Waals surface area (Å²) in [5.74, 6) is -0.770. The average molecular weight is 621 g/mol. The lowest BCUT2D eigenvalue weighted by molar-refractivity contribution is -0.232. The Hall–Kier alpha value is -4.43. The Balaban J connectivity index is 1.36. The zero-order valence-corrected chi connectivity index (χ0v) is 26.7. The Morgan fingerprint density at radius 2 is 1.41 bits per heavy atom. The quantitative estimate of drug-likeness (QED) is 0.193. The molecule has 1 spiro atoms. The third-order valence-electron chi connectivity index (χ3n) is 12.0. The van der Waals surface area contributed by atoms with Gasteiger partial charge in [0.1, 0.15) is 18.8 Å². The van der Waals surface area contributed by atoms with E-state index >= 15 is 0 Å². The molecule has 4 fully saturated rings. The molecule has 238 valence electrons. The first-order valence-corrected chi connectivity index (χ1v) is 16.2. The first-order chi connectivity index (χ1) is 21.9. The highest BCUT2D eigenvalue weighted by atomic mass is 16.6. The molecule has 6 rings (SSSR count). The molecule has 1 unspecified atom stereocenters. The molecule has 46 heavy (non-hydrogen) atoms. The zero-order chi connectivity index (χ0) is 32.9. The highest BCUT2D eigenvalue weighted by molar-refractivity contribution is 5.90. The van der Waals surface area contributed by atoms with Gasteiger partial charge < -0.3 is 14.2 Å². The molecule has 4 aliphatic rings. The Morgan fingerprint density at radius 3 is 1.96 bits per heavy atom. The van der Waals surface area contributed by atoms with Crippen LogP contribution in [0.25, 0.3) is 0 Å². The molecular formula is C38H40N2O6. The number of esters is 3. The molecule has 0 saturated heterocycles. The summed E-state index contributed by atoms with van der Waals surface area (Å²) in [7, 11) is 0. The van der Waals surface area contributed by atoms with Gasteiger partial charge in [-0.15, -0.1) is 0 Å². The van der Waals surface area contributed by atoms with E-state index in [0.29, 0.717) is 41.0 Å². The van der Waals surface area contributed by atoms with Crippen molar-refractivity contribution in [2.24, 2.45) is 34.0 Å². The van der Waals surface area contributed by atoms with E-state index in [0.717, 1.165) is 32.1 Å². The van der Waals surface area contributed by atoms with Gasteiger partial charge in [-0.1, -0.05) is 26.0 Å². The van der Waals surface area contributed by atoms with Crippen molar-refractivity contribution in [2.75, 3.05) is 6.61 Å². The van der Waals surface area contributed by atoms with Gasteiger partial charge in [-0.25, -0.2) is 9.59 Å². The molecule has 2 aromatic rings. The van der Waals surface area contributed by atoms with Crippen LogP contribution in [0.4, 0.5) is 0 Å². The molecule has 8 atom stereocenters. The first kappa shape index (κ1) is 31.5. The number of carbonyl (C=O) groups excluding carboxylic acids is 3. The van der Waals surface area contributed by atoms with Crippen LogP contribution in [0.2, 0.25) is 0 Å². The summed E-state index contributed by atoms with van der Waals surface area (Å²) < 4.78 is 18.5. The van der Waals surface area contributed by atoms with Crippen molar-refractivity contribution >= 4 is 17.9 Å². The second kappa shape index (κ2) is 11.7. The smallest absolute Gasteiger partial charge is 0.338 e. The fraction of sp³-hybridized carbons (Fsp3) is 0.500. The molecule has 4 aliphatic carbocycles. The molecule has 2 aromatic carbocycles. The molecule has 2 bridgehead atoms. The number of rotatable bonds is 6. The van der Waals surface area contributed by atoms with E-state index in [-0.39, 0.29) is 29.3 Å². The molecule has 8 heteroatoms. The van der Waals surface area contributed by atoms with E-state index in [1.54, 1.807) is 48.5 Å². The molecule has 0 aromatic heterocycles. The van der Waals surface area contributed by atoms with Crippen molar-refractivity contribution in [3.05, 3.63) is 82.9 Å². The number of nitrogens with zero attached hydrogens (tertiary/aromatic N) is 2. The first-order valence-electron chi connectivity index (χ1n) is 16.2. The van der Waals surface area contributed by atoms with E-state index < -0.39 is 35.5 Å². The van der Waals surface area contributed by atoms with Crippen LogP contribution in [0.15, 0.2) is 60.7 Å². The fourth-order valence-electron chi connectivity index (χ4n) is 9.82. The maximum atomic E-state index is 13.7. The molecule has 8 nitrogen and oxygen atoms in total. The van der Waals surface area contributed by atoms with Gasteiger partial charge >= 0.3 is 17.9 Å². The van der Waals surface area contributed by atoms with Crippen LogP contribution in [0.3, 0.4) is 0 Å². The Morgan fingerprint density at radius 1 is 0.848 bits per heavy atom. The molecule has 0 radical (unpaired) electrons. The van der Waals surface area contributed by atoms with Gasteiger partial charge in [-0.05, 0) is 117 Å². The Kier molecular flexibility index (Phi) is 8.05. The number of hydrogen-bond donors (Lipinski definition) is 0. The van der Waals surface area contributed by atoms with Crippen molar-refractivity contribution < 1.29 is 28.6 Å². The van der Waals surface area contributed by atoms with Gasteiger partial charge in [0, 0.05) is 17.8 Å². The number of ether oxygens (including phenoxy) is 3. The summed E-state index contributed by atoms with van der Waals surface area (Å²) in [5, 5.41) is 18.4. The summed E-state index contributed by atoms with van der Waals surface area (Å²) in [6, 6.07) is 17.0. The van der Waals surface area contributed by atoms with Crippen LogP contribution in [0, 0.1) is 56.7 Å². The second-order valence-electron chi connectivity index (χ2n) is 14.4. The summed E-state index contributed by atoms with van der Waals surface area (Å²) in [6.45, 7) is 10.3. The number of allylic oxidation sites excluding steroid dienone is 1. The van der Waals surface area contributed by atoms with E-state index in [1.165, 1.54) is 12.5 Å². The van der Waals surface area contributed by atoms with Gasteiger partial charge in [-0.2, -0.15) is 10.5 Å². The Bertz CT molecular complexity index is 1650. The van der Waals surface area contributed by atoms with Crippen LogP contribution < -0.4 is 0 Å². The maximum absolute atomic E-state index is 13.7. The van der Waals surface area contributed by atoms with Crippen LogP contribution in [0.5, 0.6) is 0 Å². The second-order valence-corrected chi connectivity index (χ2v) is 14.4. The highest BCUT2D eigenvalue weighted by Gasteiger charge is 2.70. The standard InChI is InChI=1S/C38H40N2O6/c1-23-18-38-19-29(23)13-14-30(38)36(3)16-15-32(45-34(42)27-9-5-25(20-39)6-10-27)37(4,22-44-24(2)41)31(36)17-33(38)46-35(43)28-11-7-26(21-40)8-12-28/h5-12,29-33H,1,13-19,22H2,2-4H3/t29-,30+,31?,32-,33+,36+,37-,38+/m1/s1. The number of nitriles is 2. The van der Waals surface area contributed by atoms with E-state index in [4.69, 9.17) is 14.2 Å². The van der Waals surface area contributed by atoms with Gasteiger partial charge in [0.15, 0.2) is 0 Å². The average Bonchev–Trinajstić information content (AvgIpc) is 3.30. The zero-order valence-electron chi connectivity index (χ0n) is 26.7. The molecular weight excluding hydrogens is 580 g/mol. The minimum Gasteiger partial charge on any atom is -0.465 e. The molecule has 4 saturated carbocycles. The third kappa shape index (κ3) is 5.18. The fourth-order valence-corrected chi connectivity index (χ4v) is 9.82. The van der Waals surface area contributed by atoms with Crippen LogP contribution in [-0.2, 0) is 19.0 Å². The summed E-state index contributed by atoms with van der Waals surface area (Å²) >= 11 is 0. The van der Waals surface area contributed by atoms with Crippen molar-refractivity contribution in [3.8, 4) is 12.1 Å². The van der Waals surface area contributed by atoms with Crippen LogP contribution in [-0.4, -0.2) is 36.7 Å². The summed E-state index contributed by atoms with van der Waals surface area (Å²) in [4.78, 5) is 39.3. The van der Waals surface area contributed by atoms with E-state index in [2.05, 4.69) is 25.6 Å². The molecule has 0 N–H and O–H groups in total. The minimum atomic E-state index is -0.756. The lowest BCUT2D eigenvalue weighted by atomic mass is 9.40. The molecule has 0 heterocycles. The van der Waals surface area contributed by atoms with Crippen LogP contribution >= 0.6 is 0 Å². The van der Waals surface area contributed by atoms with Crippen molar-refractivity contribution in [1.29, 1.82) is 10.5 Å². The van der Waals surface area contributed by atoms with Crippen molar-refractivity contribution in [2.45, 2.75) is 77.9 Å². The van der Waals surface area contributed by atoms with Gasteiger partial charge in [0.05, 0.1) is 34.4 Å². The largest absolute Gasteiger partial charge is 0.465 e.